The Morgan fingerprint density at radius 1 is 1.00 bits per heavy atom. The van der Waals surface area contributed by atoms with E-state index in [2.05, 4.69) is 18.7 Å². The van der Waals surface area contributed by atoms with Crippen molar-refractivity contribution in [1.82, 2.24) is 14.7 Å². The van der Waals surface area contributed by atoms with Crippen LogP contribution in [0.15, 0.2) is 0 Å². The maximum Gasteiger partial charge on any atom is 0.239 e. The summed E-state index contributed by atoms with van der Waals surface area (Å²) < 4.78 is 0. The number of hydrogen-bond donors (Lipinski definition) is 1. The van der Waals surface area contributed by atoms with Crippen LogP contribution in [0.2, 0.25) is 0 Å². The fourth-order valence-corrected chi connectivity index (χ4v) is 3.78. The first-order valence-electron chi connectivity index (χ1n) is 9.32. The van der Waals surface area contributed by atoms with Gasteiger partial charge in [-0.3, -0.25) is 14.5 Å². The number of nitrogens with two attached hydrogens (primary N) is 1. The second-order valence-electron chi connectivity index (χ2n) is 8.12. The van der Waals surface area contributed by atoms with Gasteiger partial charge in [0.1, 0.15) is 0 Å². The van der Waals surface area contributed by atoms with E-state index in [1.807, 2.05) is 23.6 Å². The van der Waals surface area contributed by atoms with Gasteiger partial charge in [0.15, 0.2) is 0 Å². The fourth-order valence-electron chi connectivity index (χ4n) is 3.78. The summed E-state index contributed by atoms with van der Waals surface area (Å²) in [6.07, 6.45) is 1.21. The first kappa shape index (κ1) is 19.2. The third-order valence-electron chi connectivity index (χ3n) is 5.27. The molecule has 2 aliphatic rings. The molecule has 2 saturated heterocycles. The largest absolute Gasteiger partial charge is 0.341 e. The highest BCUT2D eigenvalue weighted by molar-refractivity contribution is 5.82. The Morgan fingerprint density at radius 3 is 2.04 bits per heavy atom. The molecule has 138 valence electrons. The summed E-state index contributed by atoms with van der Waals surface area (Å²) in [5, 5.41) is 0. The van der Waals surface area contributed by atoms with Crippen LogP contribution in [0.1, 0.15) is 34.1 Å². The first-order valence-corrected chi connectivity index (χ1v) is 9.32. The van der Waals surface area contributed by atoms with E-state index >= 15 is 0 Å². The Labute approximate surface area is 146 Å². The van der Waals surface area contributed by atoms with Crippen molar-refractivity contribution < 1.29 is 9.59 Å². The Morgan fingerprint density at radius 2 is 1.54 bits per heavy atom. The van der Waals surface area contributed by atoms with Crippen molar-refractivity contribution in [3.8, 4) is 0 Å². The lowest BCUT2D eigenvalue weighted by Gasteiger charge is -2.39. The molecule has 2 unspecified atom stereocenters. The van der Waals surface area contributed by atoms with Crippen molar-refractivity contribution in [1.29, 1.82) is 0 Å². The van der Waals surface area contributed by atoms with E-state index in [4.69, 9.17) is 5.73 Å². The number of hydrogen-bond acceptors (Lipinski definition) is 4. The van der Waals surface area contributed by atoms with Gasteiger partial charge in [-0.25, -0.2) is 0 Å². The molecule has 0 aliphatic carbocycles. The van der Waals surface area contributed by atoms with Crippen LogP contribution in [0.5, 0.6) is 0 Å². The third-order valence-corrected chi connectivity index (χ3v) is 5.27. The molecular weight excluding hydrogens is 304 g/mol. The van der Waals surface area contributed by atoms with Gasteiger partial charge in [0.2, 0.25) is 11.8 Å². The van der Waals surface area contributed by atoms with Gasteiger partial charge in [-0.05, 0) is 24.2 Å². The molecule has 0 aromatic rings. The molecule has 0 saturated carbocycles. The number of rotatable bonds is 4. The molecule has 2 rings (SSSR count). The van der Waals surface area contributed by atoms with E-state index in [1.165, 1.54) is 6.42 Å². The highest BCUT2D eigenvalue weighted by Gasteiger charge is 2.30. The number of carbonyl (C=O) groups is 2. The average molecular weight is 338 g/mol. The summed E-state index contributed by atoms with van der Waals surface area (Å²) in [5.74, 6) is 1.59. The van der Waals surface area contributed by atoms with E-state index in [-0.39, 0.29) is 17.7 Å². The van der Waals surface area contributed by atoms with Crippen LogP contribution in [-0.2, 0) is 9.59 Å². The van der Waals surface area contributed by atoms with Gasteiger partial charge in [-0.1, -0.05) is 27.7 Å². The predicted octanol–water partition coefficient (Wildman–Crippen LogP) is 0.618. The summed E-state index contributed by atoms with van der Waals surface area (Å²) in [6.45, 7) is 13.4. The SMILES string of the molecule is CC1CC(C)CN(C(=O)CN2CCN(C(=O)[C@@H](N)C(C)C)CC2)C1. The summed E-state index contributed by atoms with van der Waals surface area (Å²) >= 11 is 0. The zero-order chi connectivity index (χ0) is 17.9. The van der Waals surface area contributed by atoms with Gasteiger partial charge in [0, 0.05) is 39.3 Å². The van der Waals surface area contributed by atoms with Crippen LogP contribution in [-0.4, -0.2) is 78.4 Å². The summed E-state index contributed by atoms with van der Waals surface area (Å²) in [6, 6.07) is -0.422. The molecule has 3 atom stereocenters. The second-order valence-corrected chi connectivity index (χ2v) is 8.12. The smallest absolute Gasteiger partial charge is 0.239 e. The van der Waals surface area contributed by atoms with Crippen molar-refractivity contribution in [3.05, 3.63) is 0 Å². The molecular formula is C18H34N4O2. The van der Waals surface area contributed by atoms with Crippen molar-refractivity contribution in [2.24, 2.45) is 23.5 Å². The molecule has 2 fully saturated rings. The monoisotopic (exact) mass is 338 g/mol. The molecule has 2 aliphatic heterocycles. The highest BCUT2D eigenvalue weighted by Crippen LogP contribution is 2.21. The van der Waals surface area contributed by atoms with E-state index in [0.29, 0.717) is 31.5 Å². The topological polar surface area (TPSA) is 69.9 Å². The van der Waals surface area contributed by atoms with Gasteiger partial charge in [-0.2, -0.15) is 0 Å². The predicted molar refractivity (Wildman–Crippen MR) is 95.4 cm³/mol. The Kier molecular flexibility index (Phi) is 6.63. The Bertz CT molecular complexity index is 436. The lowest BCUT2D eigenvalue weighted by Crippen LogP contribution is -2.56. The molecule has 0 aromatic carbocycles. The molecule has 2 N–H and O–H groups in total. The zero-order valence-electron chi connectivity index (χ0n) is 15.7. The molecule has 6 heteroatoms. The summed E-state index contributed by atoms with van der Waals surface area (Å²) in [4.78, 5) is 30.9. The number of likely N-dealkylation sites (tertiary alicyclic amines) is 1. The lowest BCUT2D eigenvalue weighted by atomic mass is 9.92. The van der Waals surface area contributed by atoms with Crippen molar-refractivity contribution in [3.63, 3.8) is 0 Å². The van der Waals surface area contributed by atoms with E-state index < -0.39 is 6.04 Å². The normalized spacial score (nSPS) is 27.4. The zero-order valence-corrected chi connectivity index (χ0v) is 15.7. The standard InChI is InChI=1S/C18H34N4O2/c1-13(2)17(19)18(24)21-7-5-20(6-8-21)12-16(23)22-10-14(3)9-15(4)11-22/h13-15,17H,5-12,19H2,1-4H3/t14?,15?,17-/m0/s1. The molecule has 2 amide bonds. The van der Waals surface area contributed by atoms with Gasteiger partial charge in [-0.15, -0.1) is 0 Å². The molecule has 0 spiro atoms. The minimum absolute atomic E-state index is 0.0367. The maximum atomic E-state index is 12.6. The quantitative estimate of drug-likeness (QED) is 0.816. The summed E-state index contributed by atoms with van der Waals surface area (Å²) in [5.41, 5.74) is 5.96. The minimum Gasteiger partial charge on any atom is -0.341 e. The van der Waals surface area contributed by atoms with Crippen LogP contribution < -0.4 is 5.73 Å². The van der Waals surface area contributed by atoms with Crippen molar-refractivity contribution in [2.75, 3.05) is 45.8 Å². The van der Waals surface area contributed by atoms with Crippen LogP contribution in [0, 0.1) is 17.8 Å². The molecule has 0 aromatic heterocycles. The van der Waals surface area contributed by atoms with Gasteiger partial charge < -0.3 is 15.5 Å². The van der Waals surface area contributed by atoms with E-state index in [9.17, 15) is 9.59 Å². The third kappa shape index (κ3) is 4.93. The molecule has 24 heavy (non-hydrogen) atoms. The maximum absolute atomic E-state index is 12.6. The van der Waals surface area contributed by atoms with E-state index in [1.54, 1.807) is 0 Å². The van der Waals surface area contributed by atoms with Crippen LogP contribution in [0.3, 0.4) is 0 Å². The van der Waals surface area contributed by atoms with Crippen molar-refractivity contribution in [2.45, 2.75) is 40.2 Å². The lowest BCUT2D eigenvalue weighted by molar-refractivity contribution is -0.137. The van der Waals surface area contributed by atoms with Gasteiger partial charge >= 0.3 is 0 Å². The highest BCUT2D eigenvalue weighted by atomic mass is 16.2. The van der Waals surface area contributed by atoms with Crippen molar-refractivity contribution >= 4 is 11.8 Å². The Hall–Kier alpha value is -1.14. The van der Waals surface area contributed by atoms with Gasteiger partial charge in [0.25, 0.3) is 0 Å². The minimum atomic E-state index is -0.422. The number of carbonyl (C=O) groups excluding carboxylic acids is 2. The van der Waals surface area contributed by atoms with Gasteiger partial charge in [0.05, 0.1) is 12.6 Å². The van der Waals surface area contributed by atoms with Crippen LogP contribution in [0.4, 0.5) is 0 Å². The van der Waals surface area contributed by atoms with E-state index in [0.717, 1.165) is 26.2 Å². The van der Waals surface area contributed by atoms with Crippen LogP contribution >= 0.6 is 0 Å². The number of nitrogens with zero attached hydrogens (tertiary/aromatic N) is 3. The fraction of sp³-hybridized carbons (Fsp3) is 0.889. The number of amides is 2. The molecule has 2 heterocycles. The average Bonchev–Trinajstić information content (AvgIpc) is 2.53. The first-order chi connectivity index (χ1) is 11.3. The molecule has 0 bridgehead atoms. The second kappa shape index (κ2) is 8.30. The molecule has 0 radical (unpaired) electrons. The number of piperidine rings is 1. The Balaban J connectivity index is 1.78. The number of piperazine rings is 1. The molecule has 6 nitrogen and oxygen atoms in total. The van der Waals surface area contributed by atoms with Crippen LogP contribution in [0.25, 0.3) is 0 Å². The summed E-state index contributed by atoms with van der Waals surface area (Å²) in [7, 11) is 0.